The molecule has 7 nitrogen and oxygen atoms in total. The Labute approximate surface area is 185 Å². The molecule has 0 unspecified atom stereocenters. The summed E-state index contributed by atoms with van der Waals surface area (Å²) >= 11 is 0. The molecule has 160 valence electrons. The minimum atomic E-state index is -0.206. The van der Waals surface area contributed by atoms with Gasteiger partial charge in [0.2, 0.25) is 5.91 Å². The van der Waals surface area contributed by atoms with Gasteiger partial charge in [0.25, 0.3) is 5.91 Å². The number of para-hydroxylation sites is 3. The van der Waals surface area contributed by atoms with Gasteiger partial charge in [-0.2, -0.15) is 0 Å². The van der Waals surface area contributed by atoms with Gasteiger partial charge in [0.15, 0.2) is 0 Å². The number of amides is 2. The fourth-order valence-electron chi connectivity index (χ4n) is 4.21. The second-order valence-corrected chi connectivity index (χ2v) is 7.80. The number of pyridine rings is 1. The molecule has 0 bridgehead atoms. The van der Waals surface area contributed by atoms with Gasteiger partial charge in [-0.1, -0.05) is 30.3 Å². The highest BCUT2D eigenvalue weighted by molar-refractivity contribution is 5.95. The van der Waals surface area contributed by atoms with E-state index in [4.69, 9.17) is 0 Å². The maximum Gasteiger partial charge on any atom is 0.251 e. The van der Waals surface area contributed by atoms with Gasteiger partial charge < -0.3 is 14.8 Å². The Morgan fingerprint density at radius 3 is 2.62 bits per heavy atom. The molecule has 3 heterocycles. The molecule has 0 saturated heterocycles. The lowest BCUT2D eigenvalue weighted by molar-refractivity contribution is -0.119. The van der Waals surface area contributed by atoms with Crippen molar-refractivity contribution in [3.05, 3.63) is 90.0 Å². The van der Waals surface area contributed by atoms with Crippen LogP contribution in [0.1, 0.15) is 28.2 Å². The lowest BCUT2D eigenvalue weighted by atomic mass is 10.0. The topological polar surface area (TPSA) is 80.1 Å². The maximum atomic E-state index is 13.4. The Kier molecular flexibility index (Phi) is 5.37. The Bertz CT molecular complexity index is 1280. The number of benzene rings is 2. The van der Waals surface area contributed by atoms with Crippen molar-refractivity contribution in [2.75, 3.05) is 11.4 Å². The first-order chi connectivity index (χ1) is 15.7. The van der Waals surface area contributed by atoms with Gasteiger partial charge in [-0.3, -0.25) is 14.6 Å². The molecule has 0 atom stereocenters. The van der Waals surface area contributed by atoms with Crippen LogP contribution < -0.4 is 10.2 Å². The SMILES string of the molecule is O=C(NCc1nc2ccccc2n1CC(=O)N1CCCc2ccccc21)c1ccncc1. The van der Waals surface area contributed by atoms with E-state index in [1.54, 1.807) is 24.5 Å². The highest BCUT2D eigenvalue weighted by Crippen LogP contribution is 2.27. The molecule has 1 N–H and O–H groups in total. The van der Waals surface area contributed by atoms with E-state index < -0.39 is 0 Å². The first-order valence-corrected chi connectivity index (χ1v) is 10.7. The van der Waals surface area contributed by atoms with Crippen molar-refractivity contribution < 1.29 is 9.59 Å². The van der Waals surface area contributed by atoms with Gasteiger partial charge in [0, 0.05) is 30.2 Å². The van der Waals surface area contributed by atoms with Crippen LogP contribution in [0.4, 0.5) is 5.69 Å². The zero-order chi connectivity index (χ0) is 21.9. The van der Waals surface area contributed by atoms with Crippen LogP contribution in [0.15, 0.2) is 73.1 Å². The van der Waals surface area contributed by atoms with Gasteiger partial charge in [0.1, 0.15) is 12.4 Å². The minimum absolute atomic E-state index is 0.0158. The highest BCUT2D eigenvalue weighted by atomic mass is 16.2. The van der Waals surface area contributed by atoms with E-state index in [-0.39, 0.29) is 24.9 Å². The third-order valence-corrected chi connectivity index (χ3v) is 5.79. The van der Waals surface area contributed by atoms with Crippen molar-refractivity contribution >= 4 is 28.5 Å². The zero-order valence-electron chi connectivity index (χ0n) is 17.6. The maximum absolute atomic E-state index is 13.4. The number of carbonyl (C=O) groups excluding carboxylic acids is 2. The van der Waals surface area contributed by atoms with Crippen LogP contribution in [0.5, 0.6) is 0 Å². The number of hydrogen-bond donors (Lipinski definition) is 1. The molecular weight excluding hydrogens is 402 g/mol. The Hall–Kier alpha value is -4.00. The molecule has 0 fully saturated rings. The van der Waals surface area contributed by atoms with Crippen molar-refractivity contribution in [1.82, 2.24) is 19.9 Å². The van der Waals surface area contributed by atoms with Crippen molar-refractivity contribution in [3.8, 4) is 0 Å². The number of aryl methyl sites for hydroxylation is 1. The van der Waals surface area contributed by atoms with Crippen molar-refractivity contribution in [1.29, 1.82) is 0 Å². The summed E-state index contributed by atoms with van der Waals surface area (Å²) in [5.41, 5.74) is 4.39. The van der Waals surface area contributed by atoms with E-state index in [0.29, 0.717) is 17.9 Å². The molecule has 0 spiro atoms. The molecule has 0 saturated carbocycles. The smallest absolute Gasteiger partial charge is 0.251 e. The fraction of sp³-hybridized carbons (Fsp3) is 0.200. The average molecular weight is 425 g/mol. The van der Waals surface area contributed by atoms with Crippen LogP contribution in [-0.2, 0) is 24.3 Å². The van der Waals surface area contributed by atoms with Gasteiger partial charge in [-0.05, 0) is 48.7 Å². The summed E-state index contributed by atoms with van der Waals surface area (Å²) in [6, 6.07) is 19.1. The first kappa shape index (κ1) is 19.9. The average Bonchev–Trinajstić information content (AvgIpc) is 3.20. The minimum Gasteiger partial charge on any atom is -0.345 e. The van der Waals surface area contributed by atoms with E-state index in [0.717, 1.165) is 29.6 Å². The molecule has 5 rings (SSSR count). The number of fused-ring (bicyclic) bond motifs is 2. The van der Waals surface area contributed by atoms with Crippen molar-refractivity contribution in [2.45, 2.75) is 25.9 Å². The van der Waals surface area contributed by atoms with Crippen LogP contribution in [0.25, 0.3) is 11.0 Å². The molecule has 2 amide bonds. The molecule has 2 aromatic carbocycles. The van der Waals surface area contributed by atoms with E-state index in [1.807, 2.05) is 51.9 Å². The number of nitrogens with one attached hydrogen (secondary N) is 1. The molecular formula is C25H23N5O2. The van der Waals surface area contributed by atoms with Gasteiger partial charge in [-0.25, -0.2) is 4.98 Å². The number of nitrogens with zero attached hydrogens (tertiary/aromatic N) is 4. The number of hydrogen-bond acceptors (Lipinski definition) is 4. The molecule has 32 heavy (non-hydrogen) atoms. The summed E-state index contributed by atoms with van der Waals surface area (Å²) in [6.07, 6.45) is 5.10. The Balaban J connectivity index is 1.41. The summed E-state index contributed by atoms with van der Waals surface area (Å²) in [6.45, 7) is 1.09. The van der Waals surface area contributed by atoms with Gasteiger partial charge >= 0.3 is 0 Å². The summed E-state index contributed by atoms with van der Waals surface area (Å²) in [4.78, 5) is 36.4. The fourth-order valence-corrected chi connectivity index (χ4v) is 4.21. The van der Waals surface area contributed by atoms with Crippen molar-refractivity contribution in [3.63, 3.8) is 0 Å². The normalized spacial score (nSPS) is 13.1. The number of imidazole rings is 1. The van der Waals surface area contributed by atoms with Crippen LogP contribution in [0.2, 0.25) is 0 Å². The third kappa shape index (κ3) is 3.85. The standard InChI is InChI=1S/C25H23N5O2/c31-24(29-15-5-7-18-6-1-3-9-21(18)29)17-30-22-10-4-2-8-20(22)28-23(30)16-27-25(32)19-11-13-26-14-12-19/h1-4,6,8-14H,5,7,15-17H2,(H,27,32). The van der Waals surface area contributed by atoms with Gasteiger partial charge in [0.05, 0.1) is 17.6 Å². The highest BCUT2D eigenvalue weighted by Gasteiger charge is 2.24. The molecule has 0 radical (unpaired) electrons. The van der Waals surface area contributed by atoms with E-state index >= 15 is 0 Å². The quantitative estimate of drug-likeness (QED) is 0.532. The zero-order valence-corrected chi connectivity index (χ0v) is 17.6. The molecule has 1 aliphatic rings. The molecule has 0 aliphatic carbocycles. The number of rotatable bonds is 5. The van der Waals surface area contributed by atoms with E-state index in [9.17, 15) is 9.59 Å². The van der Waals surface area contributed by atoms with Gasteiger partial charge in [-0.15, -0.1) is 0 Å². The lowest BCUT2D eigenvalue weighted by Gasteiger charge is -2.29. The second kappa shape index (κ2) is 8.63. The first-order valence-electron chi connectivity index (χ1n) is 10.7. The van der Waals surface area contributed by atoms with E-state index in [1.165, 1.54) is 5.56 Å². The largest absolute Gasteiger partial charge is 0.345 e. The van der Waals surface area contributed by atoms with Crippen LogP contribution in [0, 0.1) is 0 Å². The number of anilines is 1. The summed E-state index contributed by atoms with van der Waals surface area (Å²) in [5.74, 6) is 0.455. The molecule has 2 aromatic heterocycles. The monoisotopic (exact) mass is 425 g/mol. The molecule has 7 heteroatoms. The van der Waals surface area contributed by atoms with Crippen LogP contribution in [-0.4, -0.2) is 32.9 Å². The van der Waals surface area contributed by atoms with E-state index in [2.05, 4.69) is 21.4 Å². The summed E-state index contributed by atoms with van der Waals surface area (Å²) in [7, 11) is 0. The third-order valence-electron chi connectivity index (χ3n) is 5.79. The summed E-state index contributed by atoms with van der Waals surface area (Å²) in [5, 5.41) is 2.91. The predicted octanol–water partition coefficient (Wildman–Crippen LogP) is 3.34. The number of aromatic nitrogens is 3. The van der Waals surface area contributed by atoms with Crippen molar-refractivity contribution in [2.24, 2.45) is 0 Å². The lowest BCUT2D eigenvalue weighted by Crippen LogP contribution is -2.38. The molecule has 4 aromatic rings. The Morgan fingerprint density at radius 1 is 0.969 bits per heavy atom. The second-order valence-electron chi connectivity index (χ2n) is 7.80. The van der Waals surface area contributed by atoms with Crippen LogP contribution >= 0.6 is 0 Å². The summed E-state index contributed by atoms with van der Waals surface area (Å²) < 4.78 is 1.90. The predicted molar refractivity (Wildman–Crippen MR) is 122 cm³/mol. The molecule has 1 aliphatic heterocycles. The Morgan fingerprint density at radius 2 is 1.75 bits per heavy atom. The van der Waals surface area contributed by atoms with Crippen LogP contribution in [0.3, 0.4) is 0 Å². The number of carbonyl (C=O) groups is 2.